The second-order valence-corrected chi connectivity index (χ2v) is 5.83. The van der Waals surface area contributed by atoms with Crippen LogP contribution in [0.3, 0.4) is 0 Å². The van der Waals surface area contributed by atoms with Crippen LogP contribution in [0.15, 0.2) is 41.0 Å². The van der Waals surface area contributed by atoms with E-state index in [0.717, 1.165) is 18.4 Å². The number of hydrogen-bond acceptors (Lipinski definition) is 0. The van der Waals surface area contributed by atoms with Gasteiger partial charge in [-0.1, -0.05) is 49.5 Å². The quantitative estimate of drug-likeness (QED) is 0.519. The first-order chi connectivity index (χ1) is 9.95. The number of halogens is 2. The smallest absolute Gasteiger partial charge is 1.00 e. The van der Waals surface area contributed by atoms with Crippen LogP contribution >= 0.6 is 0 Å². The Bertz CT molecular complexity index is 548. The number of nitrogens with one attached hydrogen (secondary N) is 1. The molecule has 0 radical (unpaired) electrons. The number of allylic oxidation sites excluding steroid dienone is 4. The van der Waals surface area contributed by atoms with E-state index < -0.39 is 0 Å². The summed E-state index contributed by atoms with van der Waals surface area (Å²) in [6, 6.07) is 8.42. The van der Waals surface area contributed by atoms with Crippen molar-refractivity contribution in [2.45, 2.75) is 47.5 Å². The molecule has 0 aliphatic heterocycles. The van der Waals surface area contributed by atoms with Gasteiger partial charge in [-0.15, -0.1) is 17.7 Å². The largest absolute Gasteiger partial charge is 2.00 e. The number of rotatable bonds is 3. The van der Waals surface area contributed by atoms with Crippen LogP contribution in [0.5, 0.6) is 0 Å². The zero-order valence-corrected chi connectivity index (χ0v) is 18.5. The molecule has 24 heavy (non-hydrogen) atoms. The maximum atomic E-state index is 6.60. The first kappa shape index (κ1) is 28.6. The summed E-state index contributed by atoms with van der Waals surface area (Å²) in [5.41, 5.74) is 14.9. The molecule has 0 bridgehead atoms. The molecule has 4 heteroatoms. The summed E-state index contributed by atoms with van der Waals surface area (Å²) < 4.78 is 0. The standard InChI is InChI=1S/C16H19.C4H10N.2ClH.Ti/c1-10-8-6-7-9-15(10)16-13(4)11(2)12(3)14(16)5;1-2-3-4-5;;;/h6-9,13H,1H2,2-5H3;5H,2-4H2,1H3;2*1H;/q2*-1;;;+2/p-2. The molecule has 1 aliphatic rings. The van der Waals surface area contributed by atoms with E-state index in [1.807, 2.05) is 0 Å². The molecule has 134 valence electrons. The molecule has 1 atom stereocenters. The first-order valence-corrected chi connectivity index (χ1v) is 7.90. The third-order valence-corrected chi connectivity index (χ3v) is 4.48. The summed E-state index contributed by atoms with van der Waals surface area (Å²) in [5, 5.41) is 0. The fraction of sp³-hybridized carbons (Fsp3) is 0.450. The molecular weight excluding hydrogens is 373 g/mol. The van der Waals surface area contributed by atoms with Gasteiger partial charge in [0.15, 0.2) is 0 Å². The maximum absolute atomic E-state index is 6.60. The Labute approximate surface area is 176 Å². The number of hydrogen-bond donors (Lipinski definition) is 0. The molecule has 1 nitrogen and oxygen atoms in total. The predicted molar refractivity (Wildman–Crippen MR) is 95.1 cm³/mol. The van der Waals surface area contributed by atoms with E-state index in [9.17, 15) is 0 Å². The van der Waals surface area contributed by atoms with Crippen LogP contribution in [0.4, 0.5) is 0 Å². The second-order valence-electron chi connectivity index (χ2n) is 5.83. The van der Waals surface area contributed by atoms with E-state index in [0.29, 0.717) is 12.5 Å². The minimum absolute atomic E-state index is 0. The Morgan fingerprint density at radius 1 is 1.04 bits per heavy atom. The zero-order valence-electron chi connectivity index (χ0n) is 15.5. The fourth-order valence-corrected chi connectivity index (χ4v) is 2.76. The molecule has 1 aromatic rings. The summed E-state index contributed by atoms with van der Waals surface area (Å²) in [7, 11) is 0. The van der Waals surface area contributed by atoms with E-state index in [1.54, 1.807) is 0 Å². The van der Waals surface area contributed by atoms with Crippen molar-refractivity contribution in [3.8, 4) is 0 Å². The van der Waals surface area contributed by atoms with Gasteiger partial charge in [-0.3, -0.25) is 0 Å². The summed E-state index contributed by atoms with van der Waals surface area (Å²) in [4.78, 5) is 0. The molecule has 0 amide bonds. The molecule has 0 aromatic heterocycles. The summed E-state index contributed by atoms with van der Waals surface area (Å²) in [5.74, 6) is 0.530. The van der Waals surface area contributed by atoms with Crippen molar-refractivity contribution in [1.82, 2.24) is 0 Å². The average Bonchev–Trinajstić information content (AvgIpc) is 2.66. The van der Waals surface area contributed by atoms with E-state index in [1.165, 1.54) is 27.9 Å². The van der Waals surface area contributed by atoms with Crippen LogP contribution in [-0.4, -0.2) is 6.54 Å². The maximum Gasteiger partial charge on any atom is 2.00 e. The Kier molecular flexibility index (Phi) is 16.7. The second kappa shape index (κ2) is 14.0. The predicted octanol–water partition coefficient (Wildman–Crippen LogP) is 0.473. The van der Waals surface area contributed by atoms with E-state index in [2.05, 4.69) is 65.8 Å². The van der Waals surface area contributed by atoms with Crippen LogP contribution in [0, 0.1) is 12.8 Å². The Balaban J connectivity index is -0.000000490. The fourth-order valence-electron chi connectivity index (χ4n) is 2.76. The van der Waals surface area contributed by atoms with Crippen molar-refractivity contribution in [3.63, 3.8) is 0 Å². The third-order valence-electron chi connectivity index (χ3n) is 4.48. The Hall–Kier alpha value is -0.176. The van der Waals surface area contributed by atoms with E-state index in [4.69, 9.17) is 5.73 Å². The first-order valence-electron chi connectivity index (χ1n) is 7.90. The molecule has 0 heterocycles. The van der Waals surface area contributed by atoms with Crippen molar-refractivity contribution >= 4 is 5.57 Å². The van der Waals surface area contributed by atoms with Crippen LogP contribution in [0.25, 0.3) is 11.3 Å². The van der Waals surface area contributed by atoms with Crippen molar-refractivity contribution in [2.75, 3.05) is 6.54 Å². The zero-order chi connectivity index (χ0) is 16.0. The average molecular weight is 402 g/mol. The molecule has 0 spiro atoms. The molecule has 1 N–H and O–H groups in total. The van der Waals surface area contributed by atoms with Crippen molar-refractivity contribution in [3.05, 3.63) is 64.8 Å². The minimum atomic E-state index is 0. The molecular formula is C20H29Cl2NTi-2. The van der Waals surface area contributed by atoms with Gasteiger partial charge >= 0.3 is 21.7 Å². The van der Waals surface area contributed by atoms with Crippen LogP contribution in [-0.2, 0) is 21.7 Å². The summed E-state index contributed by atoms with van der Waals surface area (Å²) >= 11 is 0. The van der Waals surface area contributed by atoms with E-state index >= 15 is 0 Å². The Morgan fingerprint density at radius 2 is 1.58 bits per heavy atom. The van der Waals surface area contributed by atoms with Gasteiger partial charge in [0.2, 0.25) is 0 Å². The molecule has 2 rings (SSSR count). The van der Waals surface area contributed by atoms with Crippen LogP contribution < -0.4 is 24.8 Å². The number of unbranched alkanes of at least 4 members (excludes halogenated alkanes) is 1. The van der Waals surface area contributed by atoms with E-state index in [-0.39, 0.29) is 46.5 Å². The van der Waals surface area contributed by atoms with Crippen LogP contribution in [0.2, 0.25) is 0 Å². The number of benzene rings is 1. The van der Waals surface area contributed by atoms with Crippen molar-refractivity contribution in [2.24, 2.45) is 5.92 Å². The van der Waals surface area contributed by atoms with Gasteiger partial charge in [-0.2, -0.15) is 25.1 Å². The normalized spacial score (nSPS) is 15.7. The van der Waals surface area contributed by atoms with Gasteiger partial charge in [0.25, 0.3) is 0 Å². The Morgan fingerprint density at radius 3 is 1.92 bits per heavy atom. The molecule has 0 fully saturated rings. The van der Waals surface area contributed by atoms with Gasteiger partial charge in [0.05, 0.1) is 0 Å². The van der Waals surface area contributed by atoms with Gasteiger partial charge in [-0.05, 0) is 32.3 Å². The molecule has 1 aromatic carbocycles. The van der Waals surface area contributed by atoms with Crippen LogP contribution in [0.1, 0.15) is 58.6 Å². The monoisotopic (exact) mass is 401 g/mol. The summed E-state index contributed by atoms with van der Waals surface area (Å²) in [6.07, 6.45) is 2.21. The topological polar surface area (TPSA) is 23.8 Å². The summed E-state index contributed by atoms with van der Waals surface area (Å²) in [6.45, 7) is 15.8. The minimum Gasteiger partial charge on any atom is -1.00 e. The molecule has 1 unspecified atom stereocenters. The van der Waals surface area contributed by atoms with Gasteiger partial charge in [0.1, 0.15) is 0 Å². The van der Waals surface area contributed by atoms with Gasteiger partial charge < -0.3 is 30.5 Å². The van der Waals surface area contributed by atoms with Gasteiger partial charge in [-0.25, -0.2) is 0 Å². The SMILES string of the molecule is CCCC[NH-].[CH2-]c1ccccc1C1=C(C)C(C)=C(C)C1C.[Cl-].[Cl-].[Ti+2]. The van der Waals surface area contributed by atoms with Crippen molar-refractivity contribution in [1.29, 1.82) is 0 Å². The molecule has 0 saturated carbocycles. The van der Waals surface area contributed by atoms with Gasteiger partial charge in [0, 0.05) is 0 Å². The van der Waals surface area contributed by atoms with Crippen molar-refractivity contribution < 1.29 is 46.5 Å². The third kappa shape index (κ3) is 6.98. The molecule has 1 aliphatic carbocycles. The molecule has 0 saturated heterocycles.